The Kier molecular flexibility index (Phi) is 4.66. The Bertz CT molecular complexity index is 1050. The smallest absolute Gasteiger partial charge is 0.171 e. The van der Waals surface area contributed by atoms with E-state index in [9.17, 15) is 4.79 Å². The molecule has 140 valence electrons. The molecule has 3 rings (SSSR count). The Hall–Kier alpha value is -3.28. The number of rotatable bonds is 5. The van der Waals surface area contributed by atoms with Crippen molar-refractivity contribution in [3.8, 4) is 5.75 Å². The van der Waals surface area contributed by atoms with Gasteiger partial charge in [0, 0.05) is 40.5 Å². The Morgan fingerprint density at radius 2 is 1.93 bits per heavy atom. The monoisotopic (exact) mass is 364 g/mol. The van der Waals surface area contributed by atoms with E-state index in [2.05, 4.69) is 21.5 Å². The van der Waals surface area contributed by atoms with Crippen molar-refractivity contribution in [3.63, 3.8) is 0 Å². The molecule has 0 atom stereocenters. The molecule has 0 spiro atoms. The van der Waals surface area contributed by atoms with Crippen LogP contribution in [0.25, 0.3) is 16.5 Å². The molecule has 3 aromatic rings. The van der Waals surface area contributed by atoms with Crippen LogP contribution in [0.15, 0.2) is 42.2 Å². The highest BCUT2D eigenvalue weighted by Gasteiger charge is 2.26. The third-order valence-corrected chi connectivity index (χ3v) is 4.41. The fraction of sp³-hybridized carbons (Fsp3) is 0.238. The Morgan fingerprint density at radius 3 is 2.59 bits per heavy atom. The van der Waals surface area contributed by atoms with E-state index in [0.717, 1.165) is 22.2 Å². The number of anilines is 1. The van der Waals surface area contributed by atoms with E-state index < -0.39 is 5.41 Å². The number of carbonyl (C=O) groups excluding carboxylic acids is 1. The number of allylic oxidation sites excluding steroid dienone is 1. The number of nitrogen functional groups attached to an aromatic ring is 1. The minimum absolute atomic E-state index is 0.0275. The third kappa shape index (κ3) is 3.51. The minimum Gasteiger partial charge on any atom is -0.497 e. The number of methoxy groups -OCH3 is 1. The van der Waals surface area contributed by atoms with Crippen LogP contribution in [0.2, 0.25) is 0 Å². The van der Waals surface area contributed by atoms with E-state index in [4.69, 9.17) is 10.5 Å². The first-order valence-corrected chi connectivity index (χ1v) is 8.62. The van der Waals surface area contributed by atoms with Gasteiger partial charge in [0.15, 0.2) is 11.6 Å². The van der Waals surface area contributed by atoms with E-state index in [1.54, 1.807) is 19.5 Å². The molecule has 0 aliphatic rings. The van der Waals surface area contributed by atoms with Crippen LogP contribution in [-0.2, 0) is 0 Å². The number of benzene rings is 1. The highest BCUT2D eigenvalue weighted by atomic mass is 16.5. The summed E-state index contributed by atoms with van der Waals surface area (Å²) in [5, 5.41) is 0.994. The summed E-state index contributed by atoms with van der Waals surface area (Å²) in [5.41, 5.74) is 9.03. The number of carbonyl (C=O) groups is 1. The van der Waals surface area contributed by atoms with Gasteiger partial charge in [-0.1, -0.05) is 27.4 Å². The molecule has 4 N–H and O–H groups in total. The molecule has 0 bridgehead atoms. The van der Waals surface area contributed by atoms with Gasteiger partial charge < -0.3 is 20.4 Å². The lowest BCUT2D eigenvalue weighted by Gasteiger charge is -2.15. The second kappa shape index (κ2) is 6.79. The van der Waals surface area contributed by atoms with Crippen LogP contribution in [0.4, 0.5) is 11.5 Å². The molecule has 0 unspecified atom stereocenters. The molecule has 6 heteroatoms. The van der Waals surface area contributed by atoms with Crippen LogP contribution in [0.3, 0.4) is 0 Å². The lowest BCUT2D eigenvalue weighted by Crippen LogP contribution is -2.20. The first-order chi connectivity index (χ1) is 12.7. The van der Waals surface area contributed by atoms with Crippen molar-refractivity contribution in [1.29, 1.82) is 0 Å². The van der Waals surface area contributed by atoms with Gasteiger partial charge in [-0.25, -0.2) is 4.99 Å². The van der Waals surface area contributed by atoms with Gasteiger partial charge >= 0.3 is 0 Å². The summed E-state index contributed by atoms with van der Waals surface area (Å²) in [6.45, 7) is 9.67. The molecule has 0 saturated heterocycles. The standard InChI is InChI=1S/C21H24N4O2/c1-12(15-10-23-17-7-6-13(27-5)8-14(15)17)9-24-20-18(22)16(11-25-20)19(26)21(2,3)4/h6-11,23,25H,1,22H2,2-5H3/b24-9-. The van der Waals surface area contributed by atoms with Crippen molar-refractivity contribution in [2.75, 3.05) is 12.8 Å². The average molecular weight is 364 g/mol. The average Bonchev–Trinajstić information content (AvgIpc) is 3.21. The fourth-order valence-electron chi connectivity index (χ4n) is 2.83. The first-order valence-electron chi connectivity index (χ1n) is 8.62. The van der Waals surface area contributed by atoms with Crippen molar-refractivity contribution in [2.45, 2.75) is 20.8 Å². The van der Waals surface area contributed by atoms with Gasteiger partial charge in [-0.3, -0.25) is 4.79 Å². The maximum atomic E-state index is 12.4. The summed E-state index contributed by atoms with van der Waals surface area (Å²) in [6, 6.07) is 5.80. The molecule has 0 saturated carbocycles. The quantitative estimate of drug-likeness (QED) is 0.451. The molecular weight excluding hydrogens is 340 g/mol. The number of fused-ring (bicyclic) bond motifs is 1. The van der Waals surface area contributed by atoms with Gasteiger partial charge in [-0.15, -0.1) is 0 Å². The second-order valence-electron chi connectivity index (χ2n) is 7.44. The molecule has 0 fully saturated rings. The van der Waals surface area contributed by atoms with Gasteiger partial charge in [-0.05, 0) is 23.8 Å². The van der Waals surface area contributed by atoms with Crippen molar-refractivity contribution < 1.29 is 9.53 Å². The lowest BCUT2D eigenvalue weighted by atomic mass is 9.87. The molecule has 2 heterocycles. The molecule has 0 aliphatic carbocycles. The molecule has 27 heavy (non-hydrogen) atoms. The number of nitrogens with zero attached hydrogens (tertiary/aromatic N) is 1. The van der Waals surface area contributed by atoms with Gasteiger partial charge in [-0.2, -0.15) is 0 Å². The lowest BCUT2D eigenvalue weighted by molar-refractivity contribution is 0.0859. The molecule has 0 radical (unpaired) electrons. The molecule has 2 aromatic heterocycles. The summed E-state index contributed by atoms with van der Waals surface area (Å²) in [5.74, 6) is 1.19. The predicted molar refractivity (Wildman–Crippen MR) is 111 cm³/mol. The topological polar surface area (TPSA) is 96.3 Å². The summed E-state index contributed by atoms with van der Waals surface area (Å²) in [7, 11) is 1.63. The molecule has 6 nitrogen and oxygen atoms in total. The summed E-state index contributed by atoms with van der Waals surface area (Å²) in [6.07, 6.45) is 5.12. The summed E-state index contributed by atoms with van der Waals surface area (Å²) < 4.78 is 5.29. The zero-order chi connectivity index (χ0) is 19.8. The third-order valence-electron chi connectivity index (χ3n) is 4.41. The van der Waals surface area contributed by atoms with Crippen molar-refractivity contribution >= 4 is 40.0 Å². The van der Waals surface area contributed by atoms with Crippen molar-refractivity contribution in [2.24, 2.45) is 10.4 Å². The van der Waals surface area contributed by atoms with Gasteiger partial charge in [0.1, 0.15) is 5.75 Å². The largest absolute Gasteiger partial charge is 0.497 e. The number of ether oxygens (including phenoxy) is 1. The van der Waals surface area contributed by atoms with Crippen LogP contribution in [0.5, 0.6) is 5.75 Å². The zero-order valence-electron chi connectivity index (χ0n) is 16.0. The fourth-order valence-corrected chi connectivity index (χ4v) is 2.83. The number of ketones is 1. The number of Topliss-reactive ketones (excluding diaryl/α,β-unsaturated/α-hetero) is 1. The normalized spacial score (nSPS) is 12.0. The van der Waals surface area contributed by atoms with Crippen LogP contribution >= 0.6 is 0 Å². The number of nitrogens with one attached hydrogen (secondary N) is 2. The number of H-pyrrole nitrogens is 2. The molecule has 0 amide bonds. The van der Waals surface area contributed by atoms with Gasteiger partial charge in [0.25, 0.3) is 0 Å². The summed E-state index contributed by atoms with van der Waals surface area (Å²) in [4.78, 5) is 23.0. The highest BCUT2D eigenvalue weighted by Crippen LogP contribution is 2.31. The number of aromatic amines is 2. The van der Waals surface area contributed by atoms with Gasteiger partial charge in [0.05, 0.1) is 18.4 Å². The van der Waals surface area contributed by atoms with Crippen molar-refractivity contribution in [1.82, 2.24) is 9.97 Å². The van der Waals surface area contributed by atoms with E-state index in [-0.39, 0.29) is 5.78 Å². The number of hydrogen-bond acceptors (Lipinski definition) is 4. The van der Waals surface area contributed by atoms with E-state index in [1.165, 1.54) is 0 Å². The van der Waals surface area contributed by atoms with Gasteiger partial charge in [0.2, 0.25) is 0 Å². The van der Waals surface area contributed by atoms with Crippen LogP contribution < -0.4 is 10.5 Å². The minimum atomic E-state index is -0.510. The van der Waals surface area contributed by atoms with Crippen LogP contribution in [0, 0.1) is 5.41 Å². The van der Waals surface area contributed by atoms with E-state index in [0.29, 0.717) is 22.6 Å². The SMILES string of the molecule is C=C(/C=N\c1[nH]cc(C(=O)C(C)(C)C)c1N)c1c[nH]c2ccc(OC)cc12. The maximum Gasteiger partial charge on any atom is 0.171 e. The number of hydrogen-bond donors (Lipinski definition) is 3. The van der Waals surface area contributed by atoms with E-state index >= 15 is 0 Å². The highest BCUT2D eigenvalue weighted by molar-refractivity contribution is 6.15. The van der Waals surface area contributed by atoms with E-state index in [1.807, 2.05) is 45.2 Å². The van der Waals surface area contributed by atoms with Crippen LogP contribution in [-0.4, -0.2) is 29.1 Å². The first kappa shape index (κ1) is 18.5. The predicted octanol–water partition coefficient (Wildman–Crippen LogP) is 4.73. The Labute approximate surface area is 158 Å². The molecule has 1 aromatic carbocycles. The second-order valence-corrected chi connectivity index (χ2v) is 7.44. The van der Waals surface area contributed by atoms with Crippen LogP contribution in [0.1, 0.15) is 36.7 Å². The van der Waals surface area contributed by atoms with Crippen molar-refractivity contribution in [3.05, 3.63) is 48.3 Å². The summed E-state index contributed by atoms with van der Waals surface area (Å²) >= 11 is 0. The maximum absolute atomic E-state index is 12.4. The number of aliphatic imine (C=N–C) groups is 1. The molecular formula is C21H24N4O2. The molecule has 0 aliphatic heterocycles. The number of aromatic nitrogens is 2. The Balaban J connectivity index is 1.88. The number of nitrogens with two attached hydrogens (primary N) is 1. The Morgan fingerprint density at radius 1 is 1.22 bits per heavy atom. The zero-order valence-corrected chi connectivity index (χ0v) is 16.0.